The molecule has 1 fully saturated rings. The molecule has 1 aromatic rings. The summed E-state index contributed by atoms with van der Waals surface area (Å²) in [5.41, 5.74) is 5.61. The maximum Gasteiger partial charge on any atom is 0.329 e. The van der Waals surface area contributed by atoms with Crippen LogP contribution in [0.2, 0.25) is 0 Å². The number of likely N-dealkylation sites (tertiary alicyclic amines) is 1. The van der Waals surface area contributed by atoms with Crippen molar-refractivity contribution in [3.05, 3.63) is 35.9 Å². The van der Waals surface area contributed by atoms with Gasteiger partial charge in [-0.3, -0.25) is 9.59 Å². The van der Waals surface area contributed by atoms with Crippen LogP contribution in [-0.2, 0) is 23.9 Å². The molecule has 1 aromatic carbocycles. The minimum atomic E-state index is -0.889. The molecular formula is C19H26N2O5. The number of rotatable bonds is 4. The third-order valence-corrected chi connectivity index (χ3v) is 4.28. The van der Waals surface area contributed by atoms with E-state index in [9.17, 15) is 14.4 Å². The highest BCUT2D eigenvalue weighted by Crippen LogP contribution is 2.42. The third-order valence-electron chi connectivity index (χ3n) is 4.28. The van der Waals surface area contributed by atoms with Crippen LogP contribution in [0.1, 0.15) is 38.8 Å². The van der Waals surface area contributed by atoms with Crippen LogP contribution >= 0.6 is 0 Å². The van der Waals surface area contributed by atoms with Gasteiger partial charge in [0.2, 0.25) is 5.91 Å². The van der Waals surface area contributed by atoms with Gasteiger partial charge in [0.05, 0.1) is 25.6 Å². The fourth-order valence-electron chi connectivity index (χ4n) is 3.30. The van der Waals surface area contributed by atoms with E-state index in [-0.39, 0.29) is 13.0 Å². The number of hydrogen-bond donors (Lipinski definition) is 1. The predicted molar refractivity (Wildman–Crippen MR) is 94.8 cm³/mol. The molecule has 26 heavy (non-hydrogen) atoms. The molecule has 0 aromatic heterocycles. The minimum absolute atomic E-state index is 0.132. The summed E-state index contributed by atoms with van der Waals surface area (Å²) in [5.74, 6) is -2.11. The lowest BCUT2D eigenvalue weighted by Crippen LogP contribution is -2.47. The first kappa shape index (κ1) is 19.9. The highest BCUT2D eigenvalue weighted by atomic mass is 16.6. The van der Waals surface area contributed by atoms with Crippen molar-refractivity contribution in [3.8, 4) is 0 Å². The maximum absolute atomic E-state index is 12.7. The molecule has 0 spiro atoms. The van der Waals surface area contributed by atoms with E-state index in [1.807, 2.05) is 30.3 Å². The fourth-order valence-corrected chi connectivity index (χ4v) is 3.30. The summed E-state index contributed by atoms with van der Waals surface area (Å²) in [7, 11) is 1.29. The second kappa shape index (κ2) is 7.86. The first-order chi connectivity index (χ1) is 12.2. The van der Waals surface area contributed by atoms with E-state index < -0.39 is 41.4 Å². The summed E-state index contributed by atoms with van der Waals surface area (Å²) in [4.78, 5) is 39.0. The molecule has 0 saturated carbocycles. The van der Waals surface area contributed by atoms with E-state index in [4.69, 9.17) is 15.2 Å². The Bertz CT molecular complexity index is 668. The molecule has 1 aliphatic heterocycles. The second-order valence-corrected chi connectivity index (χ2v) is 7.28. The predicted octanol–water partition coefficient (Wildman–Crippen LogP) is 1.42. The molecule has 0 bridgehead atoms. The summed E-state index contributed by atoms with van der Waals surface area (Å²) < 4.78 is 10.4. The Morgan fingerprint density at radius 3 is 2.27 bits per heavy atom. The number of ether oxygens (including phenoxy) is 2. The average Bonchev–Trinajstić information content (AvgIpc) is 3.00. The molecule has 1 heterocycles. The molecule has 7 heteroatoms. The van der Waals surface area contributed by atoms with E-state index in [0.29, 0.717) is 0 Å². The van der Waals surface area contributed by atoms with Gasteiger partial charge < -0.3 is 20.1 Å². The monoisotopic (exact) mass is 362 g/mol. The summed E-state index contributed by atoms with van der Waals surface area (Å²) in [6, 6.07) is 7.58. The SMILES string of the molecule is COC(=O)C1CC(C(=O)OC(C)(C)C)N(C(=O)CN)C1c1ccccc1. The van der Waals surface area contributed by atoms with Crippen LogP contribution in [0, 0.1) is 5.92 Å². The zero-order chi connectivity index (χ0) is 19.5. The Morgan fingerprint density at radius 1 is 1.15 bits per heavy atom. The highest BCUT2D eigenvalue weighted by Gasteiger charge is 2.51. The average molecular weight is 362 g/mol. The van der Waals surface area contributed by atoms with Gasteiger partial charge in [-0.1, -0.05) is 30.3 Å². The van der Waals surface area contributed by atoms with Gasteiger partial charge >= 0.3 is 11.9 Å². The van der Waals surface area contributed by atoms with Crippen LogP contribution in [-0.4, -0.2) is 48.0 Å². The largest absolute Gasteiger partial charge is 0.469 e. The van der Waals surface area contributed by atoms with Crippen molar-refractivity contribution in [3.63, 3.8) is 0 Å². The molecule has 0 aliphatic carbocycles. The van der Waals surface area contributed by atoms with Crippen molar-refractivity contribution in [1.82, 2.24) is 4.90 Å². The number of nitrogens with two attached hydrogens (primary N) is 1. The van der Waals surface area contributed by atoms with E-state index in [2.05, 4.69) is 0 Å². The number of benzene rings is 1. The quantitative estimate of drug-likeness (QED) is 0.813. The smallest absolute Gasteiger partial charge is 0.329 e. The van der Waals surface area contributed by atoms with Crippen LogP contribution in [0.4, 0.5) is 0 Å². The standard InChI is InChI=1S/C19H26N2O5/c1-19(2,3)26-18(24)14-10-13(17(23)25-4)16(21(14)15(22)11-20)12-8-6-5-7-9-12/h5-9,13-14,16H,10-11,20H2,1-4H3. The van der Waals surface area contributed by atoms with Crippen molar-refractivity contribution in [2.75, 3.05) is 13.7 Å². The van der Waals surface area contributed by atoms with Crippen LogP contribution in [0.5, 0.6) is 0 Å². The normalized spacial score (nSPS) is 22.8. The number of carbonyl (C=O) groups is 3. The summed E-state index contributed by atoms with van der Waals surface area (Å²) in [5, 5.41) is 0. The topological polar surface area (TPSA) is 98.9 Å². The van der Waals surface area contributed by atoms with Crippen LogP contribution in [0.15, 0.2) is 30.3 Å². The summed E-state index contributed by atoms with van der Waals surface area (Å²) in [6.45, 7) is 4.99. The Morgan fingerprint density at radius 2 is 1.77 bits per heavy atom. The number of carbonyl (C=O) groups excluding carboxylic acids is 3. The lowest BCUT2D eigenvalue weighted by molar-refractivity contribution is -0.164. The Kier molecular flexibility index (Phi) is 6.02. The van der Waals surface area contributed by atoms with Gasteiger partial charge in [0.1, 0.15) is 11.6 Å². The maximum atomic E-state index is 12.7. The van der Waals surface area contributed by atoms with Gasteiger partial charge in [0.15, 0.2) is 0 Å². The first-order valence-electron chi connectivity index (χ1n) is 8.56. The molecule has 0 radical (unpaired) electrons. The molecule has 3 atom stereocenters. The summed E-state index contributed by atoms with van der Waals surface area (Å²) >= 11 is 0. The van der Waals surface area contributed by atoms with Gasteiger partial charge in [-0.15, -0.1) is 0 Å². The van der Waals surface area contributed by atoms with Crippen molar-refractivity contribution in [2.45, 2.75) is 44.9 Å². The van der Waals surface area contributed by atoms with Gasteiger partial charge in [-0.2, -0.15) is 0 Å². The van der Waals surface area contributed by atoms with Gasteiger partial charge in [0.25, 0.3) is 0 Å². The molecule has 7 nitrogen and oxygen atoms in total. The van der Waals surface area contributed by atoms with Gasteiger partial charge in [-0.05, 0) is 32.8 Å². The van der Waals surface area contributed by atoms with E-state index >= 15 is 0 Å². The van der Waals surface area contributed by atoms with Crippen LogP contribution in [0.3, 0.4) is 0 Å². The fraction of sp³-hybridized carbons (Fsp3) is 0.526. The lowest BCUT2D eigenvalue weighted by Gasteiger charge is -2.32. The molecule has 1 amide bonds. The molecule has 142 valence electrons. The van der Waals surface area contributed by atoms with E-state index in [0.717, 1.165) is 5.56 Å². The van der Waals surface area contributed by atoms with E-state index in [1.54, 1.807) is 20.8 Å². The van der Waals surface area contributed by atoms with Crippen molar-refractivity contribution >= 4 is 17.8 Å². The van der Waals surface area contributed by atoms with Gasteiger partial charge in [-0.25, -0.2) is 4.79 Å². The second-order valence-electron chi connectivity index (χ2n) is 7.28. The zero-order valence-corrected chi connectivity index (χ0v) is 15.6. The molecule has 2 N–H and O–H groups in total. The molecule has 2 rings (SSSR count). The van der Waals surface area contributed by atoms with E-state index in [1.165, 1.54) is 12.0 Å². The number of hydrogen-bond acceptors (Lipinski definition) is 6. The minimum Gasteiger partial charge on any atom is -0.469 e. The highest BCUT2D eigenvalue weighted by molar-refractivity contribution is 5.89. The Hall–Kier alpha value is -2.41. The van der Waals surface area contributed by atoms with Crippen molar-refractivity contribution < 1.29 is 23.9 Å². The van der Waals surface area contributed by atoms with Crippen LogP contribution < -0.4 is 5.73 Å². The summed E-state index contributed by atoms with van der Waals surface area (Å²) in [6.07, 6.45) is 0.132. The first-order valence-corrected chi connectivity index (χ1v) is 8.56. The Balaban J connectivity index is 2.48. The van der Waals surface area contributed by atoms with Crippen molar-refractivity contribution in [1.29, 1.82) is 0 Å². The van der Waals surface area contributed by atoms with Crippen LogP contribution in [0.25, 0.3) is 0 Å². The third kappa shape index (κ3) is 4.22. The van der Waals surface area contributed by atoms with Crippen molar-refractivity contribution in [2.24, 2.45) is 11.7 Å². The number of nitrogens with zero attached hydrogens (tertiary/aromatic N) is 1. The number of amides is 1. The molecule has 1 saturated heterocycles. The number of esters is 2. The number of methoxy groups -OCH3 is 1. The molecular weight excluding hydrogens is 336 g/mol. The molecule has 1 aliphatic rings. The Labute approximate surface area is 153 Å². The lowest BCUT2D eigenvalue weighted by atomic mass is 9.93. The van der Waals surface area contributed by atoms with Gasteiger partial charge in [0, 0.05) is 0 Å². The zero-order valence-electron chi connectivity index (χ0n) is 15.6. The molecule has 3 unspecified atom stereocenters.